The Kier molecular flexibility index (Phi) is 5.09. The maximum atomic E-state index is 13.2. The Labute approximate surface area is 126 Å². The van der Waals surface area contributed by atoms with Gasteiger partial charge in [0, 0.05) is 21.4 Å². The van der Waals surface area contributed by atoms with Crippen LogP contribution in [0.3, 0.4) is 0 Å². The van der Waals surface area contributed by atoms with Crippen LogP contribution in [0.15, 0.2) is 29.6 Å². The van der Waals surface area contributed by atoms with E-state index >= 15 is 0 Å². The number of carbonyl (C=O) groups is 1. The summed E-state index contributed by atoms with van der Waals surface area (Å²) in [5.41, 5.74) is 1.88. The summed E-state index contributed by atoms with van der Waals surface area (Å²) in [6.07, 6.45) is 0. The number of amides is 1. The van der Waals surface area contributed by atoms with Gasteiger partial charge in [-0.05, 0) is 30.7 Å². The normalized spacial score (nSPS) is 9.86. The minimum atomic E-state index is -0.427. The fourth-order valence-electron chi connectivity index (χ4n) is 1.78. The van der Waals surface area contributed by atoms with E-state index in [1.54, 1.807) is 13.0 Å². The lowest BCUT2D eigenvalue weighted by molar-refractivity contribution is 0.0950. The molecule has 2 aromatic rings. The first-order chi connectivity index (χ1) is 10.1. The first-order valence-electron chi connectivity index (χ1n) is 6.31. The summed E-state index contributed by atoms with van der Waals surface area (Å²) >= 11 is 1.47. The number of aliphatic hydroxyl groups is 1. The van der Waals surface area contributed by atoms with Crippen molar-refractivity contribution >= 4 is 17.2 Å². The Morgan fingerprint density at radius 1 is 1.43 bits per heavy atom. The lowest BCUT2D eigenvalue weighted by atomic mass is 10.1. The summed E-state index contributed by atoms with van der Waals surface area (Å²) in [4.78, 5) is 13.0. The van der Waals surface area contributed by atoms with Crippen molar-refractivity contribution in [3.8, 4) is 11.8 Å². The van der Waals surface area contributed by atoms with E-state index < -0.39 is 5.82 Å². The Balaban J connectivity index is 2.01. The molecular formula is C16H14FNO2S. The van der Waals surface area contributed by atoms with Gasteiger partial charge >= 0.3 is 0 Å². The van der Waals surface area contributed by atoms with Crippen molar-refractivity contribution in [2.75, 3.05) is 6.61 Å². The first kappa shape index (κ1) is 15.2. The molecule has 0 saturated heterocycles. The maximum Gasteiger partial charge on any atom is 0.251 e. The molecule has 108 valence electrons. The fourth-order valence-corrected chi connectivity index (χ4v) is 2.54. The molecule has 1 heterocycles. The van der Waals surface area contributed by atoms with Crippen LogP contribution in [0.2, 0.25) is 0 Å². The monoisotopic (exact) mass is 303 g/mol. The van der Waals surface area contributed by atoms with Crippen LogP contribution in [0.1, 0.15) is 26.4 Å². The fraction of sp³-hybridized carbons (Fsp3) is 0.188. The topological polar surface area (TPSA) is 49.3 Å². The quantitative estimate of drug-likeness (QED) is 0.856. The van der Waals surface area contributed by atoms with Crippen molar-refractivity contribution in [2.45, 2.75) is 13.5 Å². The highest BCUT2D eigenvalue weighted by molar-refractivity contribution is 7.10. The molecule has 0 radical (unpaired) electrons. The molecule has 3 nitrogen and oxygen atoms in total. The van der Waals surface area contributed by atoms with Crippen molar-refractivity contribution in [3.05, 3.63) is 57.0 Å². The van der Waals surface area contributed by atoms with Crippen LogP contribution in [0.5, 0.6) is 0 Å². The van der Waals surface area contributed by atoms with Gasteiger partial charge in [0.25, 0.3) is 5.91 Å². The molecule has 0 aliphatic rings. The highest BCUT2D eigenvalue weighted by atomic mass is 32.1. The minimum absolute atomic E-state index is 0.180. The SMILES string of the molecule is Cc1ccc(F)cc1C(=O)NCc1cc(C#CCO)cs1. The van der Waals surface area contributed by atoms with E-state index in [0.717, 1.165) is 16.0 Å². The molecule has 1 amide bonds. The molecule has 0 unspecified atom stereocenters. The molecule has 0 saturated carbocycles. The van der Waals surface area contributed by atoms with Crippen LogP contribution in [0, 0.1) is 24.6 Å². The maximum absolute atomic E-state index is 13.2. The van der Waals surface area contributed by atoms with E-state index in [1.807, 2.05) is 11.4 Å². The number of halogens is 1. The molecule has 0 bridgehead atoms. The van der Waals surface area contributed by atoms with Gasteiger partial charge in [0.15, 0.2) is 0 Å². The van der Waals surface area contributed by atoms with Crippen molar-refractivity contribution in [2.24, 2.45) is 0 Å². The summed E-state index contributed by atoms with van der Waals surface area (Å²) in [6.45, 7) is 1.95. The van der Waals surface area contributed by atoms with Crippen molar-refractivity contribution in [3.63, 3.8) is 0 Å². The molecule has 0 spiro atoms. The van der Waals surface area contributed by atoms with Crippen molar-refractivity contribution in [1.29, 1.82) is 0 Å². The Hall–Kier alpha value is -2.16. The molecule has 21 heavy (non-hydrogen) atoms. The van der Waals surface area contributed by atoms with Crippen LogP contribution < -0.4 is 5.32 Å². The third-order valence-corrected chi connectivity index (χ3v) is 3.77. The number of thiophene rings is 1. The van der Waals surface area contributed by atoms with Gasteiger partial charge in [-0.3, -0.25) is 4.79 Å². The average Bonchev–Trinajstić information content (AvgIpc) is 2.93. The van der Waals surface area contributed by atoms with Crippen LogP contribution >= 0.6 is 11.3 Å². The lowest BCUT2D eigenvalue weighted by Gasteiger charge is -2.06. The third kappa shape index (κ3) is 4.15. The van der Waals surface area contributed by atoms with Gasteiger partial charge in [-0.1, -0.05) is 17.9 Å². The Morgan fingerprint density at radius 3 is 3.00 bits per heavy atom. The van der Waals surface area contributed by atoms with E-state index in [0.29, 0.717) is 12.1 Å². The van der Waals surface area contributed by atoms with Gasteiger partial charge in [-0.15, -0.1) is 11.3 Å². The predicted molar refractivity (Wildman–Crippen MR) is 80.6 cm³/mol. The summed E-state index contributed by atoms with van der Waals surface area (Å²) in [5.74, 6) is 4.63. The second kappa shape index (κ2) is 7.02. The van der Waals surface area contributed by atoms with Crippen LogP contribution in [0.4, 0.5) is 4.39 Å². The number of nitrogens with one attached hydrogen (secondary N) is 1. The van der Waals surface area contributed by atoms with Gasteiger partial charge in [0.1, 0.15) is 12.4 Å². The van der Waals surface area contributed by atoms with E-state index in [4.69, 9.17) is 5.11 Å². The van der Waals surface area contributed by atoms with Gasteiger partial charge in [0.2, 0.25) is 0 Å². The minimum Gasteiger partial charge on any atom is -0.384 e. The highest BCUT2D eigenvalue weighted by Crippen LogP contribution is 2.15. The van der Waals surface area contributed by atoms with E-state index in [-0.39, 0.29) is 12.5 Å². The zero-order chi connectivity index (χ0) is 15.2. The summed E-state index contributed by atoms with van der Waals surface area (Å²) in [6, 6.07) is 6.00. The molecule has 0 atom stereocenters. The van der Waals surface area contributed by atoms with Gasteiger partial charge in [-0.2, -0.15) is 0 Å². The second-order valence-corrected chi connectivity index (χ2v) is 5.40. The van der Waals surface area contributed by atoms with Gasteiger partial charge in [0.05, 0.1) is 6.54 Å². The van der Waals surface area contributed by atoms with Crippen LogP contribution in [-0.4, -0.2) is 17.6 Å². The second-order valence-electron chi connectivity index (χ2n) is 4.40. The van der Waals surface area contributed by atoms with E-state index in [2.05, 4.69) is 17.2 Å². The highest BCUT2D eigenvalue weighted by Gasteiger charge is 2.10. The number of rotatable bonds is 3. The molecule has 2 rings (SSSR count). The third-order valence-electron chi connectivity index (χ3n) is 2.83. The van der Waals surface area contributed by atoms with Crippen molar-refractivity contribution in [1.82, 2.24) is 5.32 Å². The number of hydrogen-bond donors (Lipinski definition) is 2. The molecule has 0 aliphatic heterocycles. The number of aliphatic hydroxyl groups excluding tert-OH is 1. The molecule has 1 aromatic carbocycles. The lowest BCUT2D eigenvalue weighted by Crippen LogP contribution is -2.23. The Bertz CT molecular complexity index is 713. The molecule has 0 aliphatic carbocycles. The molecular weight excluding hydrogens is 289 g/mol. The summed E-state index contributed by atoms with van der Waals surface area (Å²) < 4.78 is 13.2. The smallest absolute Gasteiger partial charge is 0.251 e. The number of carbonyl (C=O) groups excluding carboxylic acids is 1. The zero-order valence-corrected chi connectivity index (χ0v) is 12.3. The average molecular weight is 303 g/mol. The Morgan fingerprint density at radius 2 is 2.24 bits per heavy atom. The summed E-state index contributed by atoms with van der Waals surface area (Å²) in [7, 11) is 0. The van der Waals surface area contributed by atoms with Crippen molar-refractivity contribution < 1.29 is 14.3 Å². The molecule has 0 fully saturated rings. The van der Waals surface area contributed by atoms with Gasteiger partial charge in [-0.25, -0.2) is 4.39 Å². The van der Waals surface area contributed by atoms with Crippen LogP contribution in [0.25, 0.3) is 0 Å². The summed E-state index contributed by atoms with van der Waals surface area (Å²) in [5, 5.41) is 13.2. The number of benzene rings is 1. The van der Waals surface area contributed by atoms with E-state index in [1.165, 1.54) is 23.5 Å². The first-order valence-corrected chi connectivity index (χ1v) is 7.19. The van der Waals surface area contributed by atoms with Crippen LogP contribution in [-0.2, 0) is 6.54 Å². The largest absolute Gasteiger partial charge is 0.384 e. The standard InChI is InChI=1S/C16H14FNO2S/c1-11-4-5-13(17)8-15(11)16(20)18-9-14-7-12(10-21-14)3-2-6-19/h4-5,7-8,10,19H,6,9H2,1H3,(H,18,20). The predicted octanol–water partition coefficient (Wildman–Crippen LogP) is 2.47. The number of aryl methyl sites for hydroxylation is 1. The van der Waals surface area contributed by atoms with Gasteiger partial charge < -0.3 is 10.4 Å². The molecule has 1 aromatic heterocycles. The molecule has 2 N–H and O–H groups in total. The molecule has 5 heteroatoms. The van der Waals surface area contributed by atoms with E-state index in [9.17, 15) is 9.18 Å². The zero-order valence-electron chi connectivity index (χ0n) is 11.4. The number of hydrogen-bond acceptors (Lipinski definition) is 3.